The van der Waals surface area contributed by atoms with E-state index in [1.54, 1.807) is 0 Å². The second-order valence-electron chi connectivity index (χ2n) is 15.7. The molecule has 0 fully saturated rings. The molecule has 2 nitrogen and oxygen atoms in total. The maximum atomic E-state index is 5.25. The van der Waals surface area contributed by atoms with Gasteiger partial charge in [0.1, 0.15) is 0 Å². The first kappa shape index (κ1) is 33.2. The highest BCUT2D eigenvalue weighted by molar-refractivity contribution is 6.06. The van der Waals surface area contributed by atoms with E-state index in [1.165, 1.54) is 71.4 Å². The topological polar surface area (TPSA) is 25.8 Å². The third-order valence-electron chi connectivity index (χ3n) is 12.1. The van der Waals surface area contributed by atoms with Gasteiger partial charge in [-0.15, -0.1) is 0 Å². The summed E-state index contributed by atoms with van der Waals surface area (Å²) >= 11 is 0. The van der Waals surface area contributed by atoms with Crippen LogP contribution in [0.2, 0.25) is 0 Å². The Balaban J connectivity index is 1.04. The normalized spacial score (nSPS) is 12.9. The minimum Gasteiger partial charge on any atom is -0.228 e. The third-order valence-corrected chi connectivity index (χ3v) is 12.1. The fraction of sp³-hybridized carbons (Fsp3) is 0.0545. The Hall–Kier alpha value is -7.16. The lowest BCUT2D eigenvalue weighted by atomic mass is 9.80. The van der Waals surface area contributed by atoms with Crippen molar-refractivity contribution in [2.75, 3.05) is 0 Å². The number of aromatic nitrogens is 2. The Labute approximate surface area is 332 Å². The molecular weight excluding hydrogens is 689 g/mol. The van der Waals surface area contributed by atoms with Crippen molar-refractivity contribution in [3.63, 3.8) is 0 Å². The maximum absolute atomic E-state index is 5.25. The summed E-state index contributed by atoms with van der Waals surface area (Å²) in [6, 6.07) is 70.1. The van der Waals surface area contributed by atoms with E-state index in [2.05, 4.69) is 190 Å². The monoisotopic (exact) mass is 726 g/mol. The van der Waals surface area contributed by atoms with Crippen molar-refractivity contribution < 1.29 is 0 Å². The molecule has 1 aliphatic rings. The maximum Gasteiger partial charge on any atom is 0.160 e. The fourth-order valence-corrected chi connectivity index (χ4v) is 9.30. The summed E-state index contributed by atoms with van der Waals surface area (Å²) in [5, 5.41) is 7.49. The van der Waals surface area contributed by atoms with Crippen LogP contribution in [-0.2, 0) is 5.41 Å². The van der Waals surface area contributed by atoms with Crippen LogP contribution in [-0.4, -0.2) is 9.97 Å². The van der Waals surface area contributed by atoms with E-state index in [1.807, 2.05) is 18.2 Å². The van der Waals surface area contributed by atoms with Gasteiger partial charge in [0.15, 0.2) is 5.82 Å². The lowest BCUT2D eigenvalue weighted by molar-refractivity contribution is 0.666. The van der Waals surface area contributed by atoms with E-state index >= 15 is 0 Å². The quantitative estimate of drug-likeness (QED) is 0.176. The summed E-state index contributed by atoms with van der Waals surface area (Å²) in [5.41, 5.74) is 15.1. The van der Waals surface area contributed by atoms with Gasteiger partial charge >= 0.3 is 0 Å². The Bertz CT molecular complexity index is 3190. The second kappa shape index (κ2) is 13.0. The van der Waals surface area contributed by atoms with Crippen LogP contribution in [0, 0.1) is 0 Å². The summed E-state index contributed by atoms with van der Waals surface area (Å²) in [6.45, 7) is 4.74. The second-order valence-corrected chi connectivity index (χ2v) is 15.7. The highest BCUT2D eigenvalue weighted by Gasteiger charge is 2.37. The minimum atomic E-state index is -0.0899. The van der Waals surface area contributed by atoms with Gasteiger partial charge in [-0.1, -0.05) is 196 Å². The van der Waals surface area contributed by atoms with Crippen molar-refractivity contribution in [2.45, 2.75) is 19.3 Å². The third kappa shape index (κ3) is 5.40. The summed E-state index contributed by atoms with van der Waals surface area (Å²) < 4.78 is 0. The molecular formula is C55H38N2. The average Bonchev–Trinajstić information content (AvgIpc) is 3.51. The van der Waals surface area contributed by atoms with Crippen LogP contribution in [0.15, 0.2) is 194 Å². The Morgan fingerprint density at radius 2 is 0.895 bits per heavy atom. The van der Waals surface area contributed by atoms with E-state index in [-0.39, 0.29) is 5.41 Å². The van der Waals surface area contributed by atoms with Crippen LogP contribution >= 0.6 is 0 Å². The first-order valence-corrected chi connectivity index (χ1v) is 19.7. The molecule has 268 valence electrons. The molecule has 1 aliphatic carbocycles. The van der Waals surface area contributed by atoms with E-state index in [0.29, 0.717) is 5.82 Å². The molecule has 0 amide bonds. The minimum absolute atomic E-state index is 0.0899. The fourth-order valence-electron chi connectivity index (χ4n) is 9.30. The molecule has 0 aliphatic heterocycles. The van der Waals surface area contributed by atoms with Gasteiger partial charge in [0.2, 0.25) is 0 Å². The summed E-state index contributed by atoms with van der Waals surface area (Å²) in [5.74, 6) is 0.710. The number of fused-ring (bicyclic) bond motifs is 7. The molecule has 0 bridgehead atoms. The van der Waals surface area contributed by atoms with Gasteiger partial charge in [0.25, 0.3) is 0 Å². The average molecular weight is 727 g/mol. The highest BCUT2D eigenvalue weighted by Crippen LogP contribution is 2.52. The summed E-state index contributed by atoms with van der Waals surface area (Å²) in [7, 11) is 0. The molecule has 0 saturated heterocycles. The van der Waals surface area contributed by atoms with Crippen molar-refractivity contribution in [3.8, 4) is 67.3 Å². The number of hydrogen-bond donors (Lipinski definition) is 0. The van der Waals surface area contributed by atoms with Crippen LogP contribution in [0.3, 0.4) is 0 Å². The molecule has 2 heteroatoms. The van der Waals surface area contributed by atoms with Gasteiger partial charge in [-0.25, -0.2) is 9.97 Å². The lowest BCUT2D eigenvalue weighted by Gasteiger charge is -2.23. The first-order chi connectivity index (χ1) is 28.0. The molecule has 0 N–H and O–H groups in total. The summed E-state index contributed by atoms with van der Waals surface area (Å²) in [6.07, 6.45) is 0. The molecule has 11 rings (SSSR count). The van der Waals surface area contributed by atoms with Gasteiger partial charge in [-0.2, -0.15) is 0 Å². The van der Waals surface area contributed by atoms with Crippen LogP contribution in [0.25, 0.3) is 99.6 Å². The molecule has 57 heavy (non-hydrogen) atoms. The zero-order valence-electron chi connectivity index (χ0n) is 31.9. The van der Waals surface area contributed by atoms with Gasteiger partial charge in [-0.05, 0) is 89.0 Å². The zero-order chi connectivity index (χ0) is 38.1. The SMILES string of the molecule is CC1(C)c2ccc(-c3ccc(-c4cc(-c5ccc(-c6cccc7ccccc67)cc5)nc(-c5ccccc5)n4)c4ccccc34)cc2-c2ccc3ccccc3c21. The number of nitrogens with zero attached hydrogens (tertiary/aromatic N) is 2. The van der Waals surface area contributed by atoms with Gasteiger partial charge < -0.3 is 0 Å². The van der Waals surface area contributed by atoms with Crippen molar-refractivity contribution in [3.05, 3.63) is 205 Å². The van der Waals surface area contributed by atoms with E-state index in [4.69, 9.17) is 9.97 Å². The smallest absolute Gasteiger partial charge is 0.160 e. The number of benzene rings is 9. The van der Waals surface area contributed by atoms with E-state index < -0.39 is 0 Å². The van der Waals surface area contributed by atoms with Crippen molar-refractivity contribution in [1.29, 1.82) is 0 Å². The Kier molecular flexibility index (Phi) is 7.55. The highest BCUT2D eigenvalue weighted by atomic mass is 14.9. The summed E-state index contributed by atoms with van der Waals surface area (Å²) in [4.78, 5) is 10.4. The van der Waals surface area contributed by atoms with Crippen LogP contribution in [0.4, 0.5) is 0 Å². The van der Waals surface area contributed by atoms with Gasteiger partial charge in [0, 0.05) is 22.1 Å². The molecule has 1 aromatic heterocycles. The van der Waals surface area contributed by atoms with Gasteiger partial charge in [0.05, 0.1) is 11.4 Å². The Morgan fingerprint density at radius 1 is 0.333 bits per heavy atom. The van der Waals surface area contributed by atoms with Crippen LogP contribution in [0.1, 0.15) is 25.0 Å². The number of rotatable bonds is 5. The Morgan fingerprint density at radius 3 is 1.68 bits per heavy atom. The molecule has 9 aromatic carbocycles. The van der Waals surface area contributed by atoms with E-state index in [9.17, 15) is 0 Å². The standard InChI is InChI=1S/C55H38N2/c1-55(2)50-32-28-40(33-49(50)48-29-27-36-14-7-9-19-44(36)53(48)55)43-30-31-47(46-21-11-10-20-45(43)46)52-34-51(56-54(57-52)39-15-4-3-5-16-39)38-25-23-37(24-26-38)42-22-12-17-35-13-6-8-18-41(35)42/h3-34H,1-2H3. The molecule has 0 atom stereocenters. The molecule has 0 unspecified atom stereocenters. The van der Waals surface area contributed by atoms with Gasteiger partial charge in [-0.3, -0.25) is 0 Å². The molecule has 0 saturated carbocycles. The van der Waals surface area contributed by atoms with Crippen molar-refractivity contribution >= 4 is 32.3 Å². The zero-order valence-corrected chi connectivity index (χ0v) is 31.9. The largest absolute Gasteiger partial charge is 0.228 e. The predicted molar refractivity (Wildman–Crippen MR) is 239 cm³/mol. The lowest BCUT2D eigenvalue weighted by Crippen LogP contribution is -2.15. The predicted octanol–water partition coefficient (Wildman–Crippen LogP) is 14.6. The number of hydrogen-bond acceptors (Lipinski definition) is 2. The molecule has 0 radical (unpaired) electrons. The van der Waals surface area contributed by atoms with Crippen molar-refractivity contribution in [2.24, 2.45) is 0 Å². The van der Waals surface area contributed by atoms with Crippen LogP contribution < -0.4 is 0 Å². The molecule has 10 aromatic rings. The molecule has 1 heterocycles. The van der Waals surface area contributed by atoms with Crippen molar-refractivity contribution in [1.82, 2.24) is 9.97 Å². The first-order valence-electron chi connectivity index (χ1n) is 19.7. The molecule has 0 spiro atoms. The van der Waals surface area contributed by atoms with E-state index in [0.717, 1.165) is 33.5 Å². The van der Waals surface area contributed by atoms with Crippen LogP contribution in [0.5, 0.6) is 0 Å².